The lowest BCUT2D eigenvalue weighted by Crippen LogP contribution is -2.54. The highest BCUT2D eigenvalue weighted by atomic mass is 32.2. The van der Waals surface area contributed by atoms with Gasteiger partial charge in [-0.05, 0) is 96.9 Å². The molecule has 0 bridgehead atoms. The van der Waals surface area contributed by atoms with Gasteiger partial charge in [-0.25, -0.2) is 26.4 Å². The number of halogens is 3. The van der Waals surface area contributed by atoms with Gasteiger partial charge in [0.2, 0.25) is 33.6 Å². The number of nitro benzene ring substituents is 1. The second-order valence-corrected chi connectivity index (χ2v) is 30.7. The third-order valence-electron chi connectivity index (χ3n) is 17.9. The Kier molecular flexibility index (Phi) is 26.8. The number of nitro groups is 1. The predicted molar refractivity (Wildman–Crippen MR) is 359 cm³/mol. The fourth-order valence-corrected chi connectivity index (χ4v) is 15.6. The smallest absolute Gasteiger partial charge is 0.454 e. The topological polar surface area (TPSA) is 383 Å². The summed E-state index contributed by atoms with van der Waals surface area (Å²) >= 11 is 0. The van der Waals surface area contributed by atoms with E-state index in [2.05, 4.69) is 11.4 Å². The van der Waals surface area contributed by atoms with Crippen molar-refractivity contribution in [2.75, 3.05) is 66.2 Å². The van der Waals surface area contributed by atoms with Crippen molar-refractivity contribution in [2.24, 2.45) is 22.7 Å². The first-order valence-electron chi connectivity index (χ1n) is 33.3. The molecule has 2 amide bonds. The van der Waals surface area contributed by atoms with E-state index in [1.54, 1.807) is 44.2 Å². The maximum absolute atomic E-state index is 14.1. The summed E-state index contributed by atoms with van der Waals surface area (Å²) in [5.41, 5.74) is -0.0369. The normalized spacial score (nSPS) is 20.5. The largest absolute Gasteiger partial charge is 0.514 e. The maximum atomic E-state index is 14.1. The molecule has 10 atom stereocenters. The molecular formula is C70H82F3N7O22S2. The Morgan fingerprint density at radius 2 is 1.06 bits per heavy atom. The van der Waals surface area contributed by atoms with Crippen LogP contribution in [0.5, 0.6) is 28.7 Å². The lowest BCUT2D eigenvalue weighted by atomic mass is 9.88. The average Bonchev–Trinajstić information content (AvgIpc) is 1.03. The standard InChI is InChI=1S/C31H39N3O9S.C26H30F3N3O6S.C13H13NO7/c1-31(2,12-6-13-32)19-34(44(37,38)22-9-10-26-27(16-22)42-20-41-26)17-25(35)24(15-21-7-4-3-5-8-21)33-30(36)43-28-18-40-29-23(28)11-14-39-29;1-25(2,11-6-12-30)16-32(39(35,36)19-9-10-22-23(14-19)38-17-37-22)15-21(33)20(31-24(34)26(27,28)29)13-18-7-4-3-5-8-18;15-13(20-9-3-1-8(2-4-9)14(16)17)21-11-7-19-12-10(11)5-6-18-12/h3-5,7-10,16,23-25,28-29,35H,6,11-12,14-15,17-20H2,1-2H3,(H,33,36);3-5,7-10,14,20-21,33H,6,11,13,15-17H2,1-2H3,(H,31,34);1-4,10-12H,5-7H2/t23-,24-,25+,28-,29+;20-,21+;10-,11-,12+/m000/s1. The Morgan fingerprint density at radius 1 is 0.625 bits per heavy atom. The van der Waals surface area contributed by atoms with Crippen LogP contribution in [0.2, 0.25) is 0 Å². The van der Waals surface area contributed by atoms with Crippen LogP contribution in [0.25, 0.3) is 0 Å². The van der Waals surface area contributed by atoms with Crippen LogP contribution in [0.4, 0.5) is 28.4 Å². The van der Waals surface area contributed by atoms with Crippen LogP contribution in [0.15, 0.2) is 131 Å². The van der Waals surface area contributed by atoms with Gasteiger partial charge >= 0.3 is 24.3 Å². The molecule has 0 unspecified atom stereocenters. The molecule has 4 saturated heterocycles. The Hall–Kier alpha value is -8.94. The number of nitriles is 2. The third kappa shape index (κ3) is 21.6. The number of fused-ring (bicyclic) bond motifs is 4. The quantitative estimate of drug-likeness (QED) is 0.0158. The van der Waals surface area contributed by atoms with Crippen LogP contribution in [-0.4, -0.2) is 180 Å². The molecule has 29 nitrogen and oxygen atoms in total. The molecule has 4 N–H and O–H groups in total. The number of carbonyl (C=O) groups excluding carboxylic acids is 3. The van der Waals surface area contributed by atoms with Crippen molar-refractivity contribution in [3.05, 3.63) is 143 Å². The number of nitrogens with one attached hydrogen (secondary N) is 2. The van der Waals surface area contributed by atoms with Crippen molar-refractivity contribution in [3.8, 4) is 40.9 Å². The highest BCUT2D eigenvalue weighted by molar-refractivity contribution is 7.89. The zero-order valence-electron chi connectivity index (χ0n) is 57.3. The van der Waals surface area contributed by atoms with E-state index in [1.165, 1.54) is 65.0 Å². The van der Waals surface area contributed by atoms with Crippen LogP contribution < -0.4 is 34.3 Å². The predicted octanol–water partition coefficient (Wildman–Crippen LogP) is 8.45. The van der Waals surface area contributed by atoms with Gasteiger partial charge in [-0.2, -0.15) is 32.3 Å². The van der Waals surface area contributed by atoms with Crippen molar-refractivity contribution in [1.29, 1.82) is 10.5 Å². The zero-order valence-corrected chi connectivity index (χ0v) is 58.9. The van der Waals surface area contributed by atoms with Gasteiger partial charge in [-0.1, -0.05) is 88.4 Å². The number of non-ortho nitro benzene ring substituents is 1. The number of aliphatic hydroxyl groups is 2. The number of hydrogen-bond donors (Lipinski definition) is 4. The molecule has 0 spiro atoms. The first-order valence-corrected chi connectivity index (χ1v) is 36.2. The lowest BCUT2D eigenvalue weighted by Gasteiger charge is -2.35. The summed E-state index contributed by atoms with van der Waals surface area (Å²) < 4.78 is 156. The number of sulfonamides is 2. The summed E-state index contributed by atoms with van der Waals surface area (Å²) in [4.78, 5) is 46.4. The minimum atomic E-state index is -5.20. The van der Waals surface area contributed by atoms with E-state index in [1.807, 2.05) is 55.6 Å². The summed E-state index contributed by atoms with van der Waals surface area (Å²) in [6.45, 7) is 7.68. The molecule has 0 aliphatic carbocycles. The van der Waals surface area contributed by atoms with Crippen LogP contribution >= 0.6 is 0 Å². The van der Waals surface area contributed by atoms with Gasteiger partial charge in [-0.3, -0.25) is 14.9 Å². The first kappa shape index (κ1) is 79.2. The first-order chi connectivity index (χ1) is 49.4. The number of amides is 2. The highest BCUT2D eigenvalue weighted by Gasteiger charge is 2.47. The number of hydrogen-bond acceptors (Lipinski definition) is 24. The second kappa shape index (κ2) is 35.2. The second-order valence-electron chi connectivity index (χ2n) is 26.9. The van der Waals surface area contributed by atoms with Crippen molar-refractivity contribution in [2.45, 2.75) is 144 Å². The van der Waals surface area contributed by atoms with Gasteiger partial charge in [0, 0.05) is 63.3 Å². The molecule has 6 heterocycles. The Bertz CT molecular complexity index is 4080. The molecule has 6 aliphatic heterocycles. The molecule has 0 saturated carbocycles. The number of alkyl carbamates (subject to hydrolysis) is 1. The number of ether oxygens (including phenoxy) is 11. The fourth-order valence-electron chi connectivity index (χ4n) is 12.3. The maximum Gasteiger partial charge on any atom is 0.514 e. The van der Waals surface area contributed by atoms with Crippen molar-refractivity contribution in [3.63, 3.8) is 0 Å². The van der Waals surface area contributed by atoms with Crippen LogP contribution in [0, 0.1) is 55.4 Å². The number of nitrogens with zero attached hydrogens (tertiary/aromatic N) is 5. The van der Waals surface area contributed by atoms with Gasteiger partial charge in [-0.15, -0.1) is 0 Å². The summed E-state index contributed by atoms with van der Waals surface area (Å²) in [5, 5.41) is 56.0. The molecular weight excluding hydrogens is 1410 g/mol. The molecule has 11 rings (SSSR count). The van der Waals surface area contributed by atoms with E-state index >= 15 is 0 Å². The number of rotatable bonds is 28. The zero-order chi connectivity index (χ0) is 75.0. The summed E-state index contributed by atoms with van der Waals surface area (Å²) in [6, 6.07) is 32.9. The van der Waals surface area contributed by atoms with Crippen LogP contribution in [-0.2, 0) is 66.1 Å². The minimum absolute atomic E-state index is 0.00715. The molecule has 104 heavy (non-hydrogen) atoms. The Labute approximate surface area is 599 Å². The molecule has 562 valence electrons. The van der Waals surface area contributed by atoms with Gasteiger partial charge in [0.25, 0.3) is 5.69 Å². The fraction of sp³-hybridized carbons (Fsp3) is 0.500. The van der Waals surface area contributed by atoms with E-state index in [-0.39, 0.29) is 123 Å². The van der Waals surface area contributed by atoms with E-state index < -0.39 is 103 Å². The van der Waals surface area contributed by atoms with Crippen molar-refractivity contribution < 1.29 is 112 Å². The Morgan fingerprint density at radius 3 is 1.49 bits per heavy atom. The molecule has 5 aromatic rings. The van der Waals surface area contributed by atoms with Crippen LogP contribution in [0.1, 0.15) is 77.3 Å². The SMILES string of the molecule is CC(C)(CCC#N)CN(C[C@@H](O)[C@H](Cc1ccccc1)NC(=O)C(F)(F)F)S(=O)(=O)c1ccc2c(c1)OCO2.CC(C)(CCC#N)CN(C[C@@H](O)[C@H](Cc1ccccc1)NC(=O)O[C@H]1CO[C@H]2OCC[C@H]21)S(=O)(=O)c1ccc2c(c1)OCO2.O=C(Oc1ccc([N+](=O)[O-])cc1)O[C@H]1CO[C@H]2OCC[C@H]21. The Balaban J connectivity index is 0.000000191. The summed E-state index contributed by atoms with van der Waals surface area (Å²) in [6.07, 6.45) is -8.69. The van der Waals surface area contributed by atoms with Crippen molar-refractivity contribution >= 4 is 43.9 Å². The highest BCUT2D eigenvalue weighted by Crippen LogP contribution is 2.39. The van der Waals surface area contributed by atoms with Gasteiger partial charge in [0.1, 0.15) is 18.0 Å². The van der Waals surface area contributed by atoms with E-state index in [9.17, 15) is 70.0 Å². The van der Waals surface area contributed by atoms with Crippen molar-refractivity contribution in [1.82, 2.24) is 19.2 Å². The molecule has 6 aliphatic rings. The summed E-state index contributed by atoms with van der Waals surface area (Å²) in [7, 11) is -8.48. The molecule has 0 radical (unpaired) electrons. The van der Waals surface area contributed by atoms with Gasteiger partial charge in [0.05, 0.1) is 89.4 Å². The molecule has 5 aromatic carbocycles. The summed E-state index contributed by atoms with van der Waals surface area (Å²) in [5.74, 6) is -0.769. The molecule has 34 heteroatoms. The molecule has 0 aromatic heterocycles. The minimum Gasteiger partial charge on any atom is -0.454 e. The number of alkyl halides is 3. The number of benzene rings is 5. The van der Waals surface area contributed by atoms with E-state index in [4.69, 9.17) is 57.4 Å². The third-order valence-corrected chi connectivity index (χ3v) is 21.5. The monoisotopic (exact) mass is 1490 g/mol. The molecule has 4 fully saturated rings. The van der Waals surface area contributed by atoms with E-state index in [0.717, 1.165) is 16.3 Å². The lowest BCUT2D eigenvalue weighted by molar-refractivity contribution is -0.384. The van der Waals surface area contributed by atoms with Gasteiger partial charge in [0.15, 0.2) is 35.6 Å². The van der Waals surface area contributed by atoms with Crippen LogP contribution in [0.3, 0.4) is 0 Å². The number of carbonyl (C=O) groups is 3. The number of aliphatic hydroxyl groups excluding tert-OH is 2. The van der Waals surface area contributed by atoms with E-state index in [0.29, 0.717) is 55.3 Å². The average molecular weight is 1490 g/mol. The van der Waals surface area contributed by atoms with Gasteiger partial charge < -0.3 is 73.0 Å².